The number of hydrogen-bond donors (Lipinski definition) is 0. The zero-order valence-corrected chi connectivity index (χ0v) is 13.7. The second kappa shape index (κ2) is 7.37. The predicted octanol–water partition coefficient (Wildman–Crippen LogP) is 4.63. The van der Waals surface area contributed by atoms with Gasteiger partial charge in [0.05, 0.1) is 4.92 Å². The molecular weight excluding hydrogens is 357 g/mol. The number of allylic oxidation sites excluding steroid dienone is 2. The van der Waals surface area contributed by atoms with Crippen LogP contribution < -0.4 is 0 Å². The van der Waals surface area contributed by atoms with Crippen LogP contribution in [-0.2, 0) is 10.2 Å². The highest BCUT2D eigenvalue weighted by molar-refractivity contribution is 7.86. The fraction of sp³-hybridized carbons (Fsp3) is 0. The van der Waals surface area contributed by atoms with Gasteiger partial charge in [0.2, 0.25) is 0 Å². The first kappa shape index (κ1) is 17.8. The highest BCUT2D eigenvalue weighted by Crippen LogP contribution is 2.23. The second-order valence-electron chi connectivity index (χ2n) is 4.69. The quantitative estimate of drug-likeness (QED) is 0.334. The van der Waals surface area contributed by atoms with E-state index in [1.54, 1.807) is 24.3 Å². The third-order valence-corrected chi connectivity index (χ3v) is 4.11. The van der Waals surface area contributed by atoms with Gasteiger partial charge in [0.1, 0.15) is 4.90 Å². The number of nitro groups is 1. The number of nitro benzene ring substituents is 1. The summed E-state index contributed by atoms with van der Waals surface area (Å²) in [6.07, 6.45) is 6.05. The minimum Gasteiger partial charge on any atom is -0.258 e. The van der Waals surface area contributed by atoms with Crippen molar-refractivity contribution in [1.29, 1.82) is 0 Å². The standard InChI is InChI=1S/C16H11ClFNO4S/c17-14-9-8-13(16(11-14)24(18,22)23)6-2-1-4-12-5-3-7-15(10-12)19(20)21/h1-11H. The number of rotatable bonds is 5. The summed E-state index contributed by atoms with van der Waals surface area (Å²) in [4.78, 5) is 9.67. The Kier molecular flexibility index (Phi) is 5.48. The Morgan fingerprint density at radius 3 is 2.46 bits per heavy atom. The zero-order chi connectivity index (χ0) is 17.7. The van der Waals surface area contributed by atoms with Crippen LogP contribution in [0.2, 0.25) is 5.02 Å². The number of nitrogens with zero attached hydrogens (tertiary/aromatic N) is 1. The van der Waals surface area contributed by atoms with Crippen LogP contribution in [0.3, 0.4) is 0 Å². The summed E-state index contributed by atoms with van der Waals surface area (Å²) in [5.41, 5.74) is 0.707. The molecule has 5 nitrogen and oxygen atoms in total. The average molecular weight is 368 g/mol. The van der Waals surface area contributed by atoms with E-state index in [-0.39, 0.29) is 16.3 Å². The lowest BCUT2D eigenvalue weighted by Gasteiger charge is -2.01. The minimum atomic E-state index is -4.90. The molecule has 0 aliphatic rings. The van der Waals surface area contributed by atoms with Crippen molar-refractivity contribution in [2.45, 2.75) is 4.90 Å². The van der Waals surface area contributed by atoms with Crippen LogP contribution in [0.5, 0.6) is 0 Å². The van der Waals surface area contributed by atoms with Gasteiger partial charge >= 0.3 is 10.2 Å². The first-order chi connectivity index (χ1) is 11.3. The fourth-order valence-electron chi connectivity index (χ4n) is 1.92. The lowest BCUT2D eigenvalue weighted by molar-refractivity contribution is -0.384. The van der Waals surface area contributed by atoms with Crippen molar-refractivity contribution in [3.63, 3.8) is 0 Å². The van der Waals surface area contributed by atoms with Crippen molar-refractivity contribution in [1.82, 2.24) is 0 Å². The van der Waals surface area contributed by atoms with E-state index >= 15 is 0 Å². The van der Waals surface area contributed by atoms with Crippen molar-refractivity contribution in [3.8, 4) is 0 Å². The maximum absolute atomic E-state index is 13.3. The molecule has 0 amide bonds. The smallest absolute Gasteiger partial charge is 0.258 e. The molecule has 2 rings (SSSR count). The Morgan fingerprint density at radius 1 is 1.08 bits per heavy atom. The molecule has 2 aromatic carbocycles. The summed E-state index contributed by atoms with van der Waals surface area (Å²) in [6, 6.07) is 9.85. The molecule has 0 aliphatic carbocycles. The van der Waals surface area contributed by atoms with Crippen LogP contribution in [0.1, 0.15) is 11.1 Å². The summed E-state index contributed by atoms with van der Waals surface area (Å²) < 4.78 is 35.5. The van der Waals surface area contributed by atoms with Crippen molar-refractivity contribution in [3.05, 3.63) is 80.9 Å². The lowest BCUT2D eigenvalue weighted by atomic mass is 10.1. The van der Waals surface area contributed by atoms with Crippen molar-refractivity contribution < 1.29 is 17.2 Å². The molecule has 0 fully saturated rings. The Bertz CT molecular complexity index is 939. The number of halogens is 2. The van der Waals surface area contributed by atoms with Crippen LogP contribution in [0.4, 0.5) is 9.57 Å². The normalized spacial score (nSPS) is 12.1. The molecule has 0 aromatic heterocycles. The molecule has 0 spiro atoms. The van der Waals surface area contributed by atoms with E-state index < -0.39 is 20.0 Å². The maximum Gasteiger partial charge on any atom is 0.332 e. The fourth-order valence-corrected chi connectivity index (χ4v) is 2.85. The maximum atomic E-state index is 13.3. The second-order valence-corrected chi connectivity index (χ2v) is 6.44. The van der Waals surface area contributed by atoms with E-state index in [1.807, 2.05) is 0 Å². The van der Waals surface area contributed by atoms with Gasteiger partial charge in [-0.1, -0.05) is 54.1 Å². The lowest BCUT2D eigenvalue weighted by Crippen LogP contribution is -1.95. The Morgan fingerprint density at radius 2 is 1.79 bits per heavy atom. The Hall–Kier alpha value is -2.51. The van der Waals surface area contributed by atoms with E-state index in [2.05, 4.69) is 0 Å². The van der Waals surface area contributed by atoms with Gasteiger partial charge in [-0.3, -0.25) is 10.1 Å². The van der Waals surface area contributed by atoms with Crippen LogP contribution >= 0.6 is 11.6 Å². The third kappa shape index (κ3) is 4.74. The number of benzene rings is 2. The van der Waals surface area contributed by atoms with Gasteiger partial charge in [-0.25, -0.2) is 0 Å². The van der Waals surface area contributed by atoms with E-state index in [0.29, 0.717) is 5.56 Å². The summed E-state index contributed by atoms with van der Waals surface area (Å²) >= 11 is 5.68. The third-order valence-electron chi connectivity index (χ3n) is 2.99. The molecule has 0 saturated heterocycles. The Balaban J connectivity index is 2.24. The van der Waals surface area contributed by atoms with Crippen molar-refractivity contribution in [2.75, 3.05) is 0 Å². The molecule has 0 unspecified atom stereocenters. The molecular formula is C16H11ClFNO4S. The molecule has 8 heteroatoms. The van der Waals surface area contributed by atoms with Gasteiger partial charge in [0.15, 0.2) is 0 Å². The summed E-state index contributed by atoms with van der Waals surface area (Å²) in [7, 11) is -4.90. The molecule has 0 heterocycles. The minimum absolute atomic E-state index is 0.0374. The van der Waals surface area contributed by atoms with Gasteiger partial charge in [-0.2, -0.15) is 8.42 Å². The van der Waals surface area contributed by atoms with E-state index in [1.165, 1.54) is 36.4 Å². The van der Waals surface area contributed by atoms with E-state index in [4.69, 9.17) is 11.6 Å². The molecule has 0 bridgehead atoms. The topological polar surface area (TPSA) is 77.3 Å². The molecule has 0 N–H and O–H groups in total. The van der Waals surface area contributed by atoms with Crippen molar-refractivity contribution >= 4 is 39.7 Å². The molecule has 0 saturated carbocycles. The van der Waals surface area contributed by atoms with Crippen LogP contribution in [0.15, 0.2) is 59.5 Å². The van der Waals surface area contributed by atoms with Crippen molar-refractivity contribution in [2.24, 2.45) is 0 Å². The average Bonchev–Trinajstić information content (AvgIpc) is 2.52. The highest BCUT2D eigenvalue weighted by Gasteiger charge is 2.16. The monoisotopic (exact) mass is 367 g/mol. The summed E-state index contributed by atoms with van der Waals surface area (Å²) in [5, 5.41) is 10.8. The SMILES string of the molecule is O=[N+]([O-])c1cccc(C=CC=Cc2ccc(Cl)cc2S(=O)(=O)F)c1. The van der Waals surface area contributed by atoms with E-state index in [0.717, 1.165) is 6.07 Å². The molecule has 124 valence electrons. The van der Waals surface area contributed by atoms with E-state index in [9.17, 15) is 22.4 Å². The molecule has 24 heavy (non-hydrogen) atoms. The number of non-ortho nitro benzene ring substituents is 1. The van der Waals surface area contributed by atoms with Crippen LogP contribution in [0.25, 0.3) is 12.2 Å². The molecule has 0 radical (unpaired) electrons. The Labute approximate surface area is 143 Å². The zero-order valence-electron chi connectivity index (χ0n) is 12.1. The first-order valence-corrected chi connectivity index (χ1v) is 8.37. The summed E-state index contributed by atoms with van der Waals surface area (Å²) in [6.45, 7) is 0. The van der Waals surface area contributed by atoms with Gasteiger partial charge in [-0.05, 0) is 23.3 Å². The molecule has 0 aliphatic heterocycles. The number of hydrogen-bond acceptors (Lipinski definition) is 4. The highest BCUT2D eigenvalue weighted by atomic mass is 35.5. The molecule has 0 atom stereocenters. The van der Waals surface area contributed by atoms with Gasteiger partial charge < -0.3 is 0 Å². The largest absolute Gasteiger partial charge is 0.332 e. The predicted molar refractivity (Wildman–Crippen MR) is 90.9 cm³/mol. The van der Waals surface area contributed by atoms with Gasteiger partial charge in [0, 0.05) is 17.2 Å². The van der Waals surface area contributed by atoms with Gasteiger partial charge in [0.25, 0.3) is 5.69 Å². The first-order valence-electron chi connectivity index (χ1n) is 6.61. The van der Waals surface area contributed by atoms with Crippen LogP contribution in [-0.4, -0.2) is 13.3 Å². The summed E-state index contributed by atoms with van der Waals surface area (Å²) in [5.74, 6) is 0. The molecule has 2 aromatic rings. The van der Waals surface area contributed by atoms with Crippen LogP contribution in [0, 0.1) is 10.1 Å². The van der Waals surface area contributed by atoms with Gasteiger partial charge in [-0.15, -0.1) is 3.89 Å².